The van der Waals surface area contributed by atoms with Crippen LogP contribution in [-0.4, -0.2) is 75.0 Å². The van der Waals surface area contributed by atoms with E-state index in [1.165, 1.54) is 0 Å². The molecule has 1 aromatic rings. The van der Waals surface area contributed by atoms with Crippen LogP contribution in [-0.2, 0) is 9.59 Å². The molecule has 2 fully saturated rings. The molecule has 8 heteroatoms. The first-order chi connectivity index (χ1) is 13.0. The highest BCUT2D eigenvalue weighted by molar-refractivity contribution is 5.95. The smallest absolute Gasteiger partial charge is 0.280 e. The summed E-state index contributed by atoms with van der Waals surface area (Å²) in [6, 6.07) is 6.60. The Balaban J connectivity index is 1.60. The number of nitrogens with two attached hydrogens (primary N) is 1. The normalized spacial score (nSPS) is 22.7. The molecule has 146 valence electrons. The summed E-state index contributed by atoms with van der Waals surface area (Å²) in [5.41, 5.74) is 1.65. The van der Waals surface area contributed by atoms with Crippen molar-refractivity contribution in [1.29, 1.82) is 0 Å². The SMILES string of the molecule is CN(C)c1ccc(C(=O)N2CC[NH2+][C@@H](C(=O)N[C@H]3CCCNC3=O)C2)cc1. The molecular formula is C19H28N5O3+. The van der Waals surface area contributed by atoms with Crippen molar-refractivity contribution < 1.29 is 19.7 Å². The molecule has 2 aliphatic rings. The second kappa shape index (κ2) is 8.39. The van der Waals surface area contributed by atoms with Crippen molar-refractivity contribution in [2.45, 2.75) is 24.9 Å². The van der Waals surface area contributed by atoms with Gasteiger partial charge in [-0.05, 0) is 37.1 Å². The van der Waals surface area contributed by atoms with E-state index in [0.29, 0.717) is 38.2 Å². The van der Waals surface area contributed by atoms with Gasteiger partial charge in [-0.2, -0.15) is 0 Å². The van der Waals surface area contributed by atoms with Crippen molar-refractivity contribution in [2.24, 2.45) is 0 Å². The van der Waals surface area contributed by atoms with E-state index in [-0.39, 0.29) is 17.7 Å². The molecule has 0 bridgehead atoms. The second-order valence-electron chi connectivity index (χ2n) is 7.32. The zero-order valence-electron chi connectivity index (χ0n) is 15.9. The Kier molecular flexibility index (Phi) is 5.95. The number of benzene rings is 1. The summed E-state index contributed by atoms with van der Waals surface area (Å²) in [6.45, 7) is 2.27. The Morgan fingerprint density at radius 1 is 1.26 bits per heavy atom. The number of nitrogens with zero attached hydrogens (tertiary/aromatic N) is 2. The number of carbonyl (C=O) groups is 3. The number of nitrogens with one attached hydrogen (secondary N) is 2. The second-order valence-corrected chi connectivity index (χ2v) is 7.32. The highest BCUT2D eigenvalue weighted by Crippen LogP contribution is 2.14. The van der Waals surface area contributed by atoms with Crippen molar-refractivity contribution in [3.8, 4) is 0 Å². The number of carbonyl (C=O) groups excluding carboxylic acids is 3. The maximum atomic E-state index is 12.8. The number of anilines is 1. The molecule has 1 aromatic carbocycles. The lowest BCUT2D eigenvalue weighted by Crippen LogP contribution is -2.98. The minimum atomic E-state index is -0.468. The van der Waals surface area contributed by atoms with Crippen LogP contribution in [0.4, 0.5) is 5.69 Å². The van der Waals surface area contributed by atoms with Gasteiger partial charge >= 0.3 is 0 Å². The van der Waals surface area contributed by atoms with Gasteiger partial charge in [-0.3, -0.25) is 14.4 Å². The number of hydrogen-bond acceptors (Lipinski definition) is 4. The molecule has 2 aliphatic heterocycles. The summed E-state index contributed by atoms with van der Waals surface area (Å²) < 4.78 is 0. The lowest BCUT2D eigenvalue weighted by Gasteiger charge is -2.31. The van der Waals surface area contributed by atoms with E-state index in [1.807, 2.05) is 48.6 Å². The largest absolute Gasteiger partial charge is 0.378 e. The minimum Gasteiger partial charge on any atom is -0.378 e. The van der Waals surface area contributed by atoms with E-state index in [9.17, 15) is 14.4 Å². The molecule has 0 spiro atoms. The van der Waals surface area contributed by atoms with Crippen LogP contribution in [0.2, 0.25) is 0 Å². The van der Waals surface area contributed by atoms with E-state index >= 15 is 0 Å². The average molecular weight is 374 g/mol. The Bertz CT molecular complexity index is 704. The van der Waals surface area contributed by atoms with Crippen molar-refractivity contribution in [1.82, 2.24) is 15.5 Å². The topological polar surface area (TPSA) is 98.4 Å². The molecule has 2 heterocycles. The molecular weight excluding hydrogens is 346 g/mol. The summed E-state index contributed by atoms with van der Waals surface area (Å²) in [5, 5.41) is 7.54. The minimum absolute atomic E-state index is 0.0679. The van der Waals surface area contributed by atoms with Crippen molar-refractivity contribution in [3.05, 3.63) is 29.8 Å². The zero-order chi connectivity index (χ0) is 19.4. The van der Waals surface area contributed by atoms with Crippen molar-refractivity contribution in [2.75, 3.05) is 45.2 Å². The quantitative estimate of drug-likeness (QED) is 0.600. The molecule has 0 saturated carbocycles. The van der Waals surface area contributed by atoms with Gasteiger partial charge in [-0.1, -0.05) is 0 Å². The average Bonchev–Trinajstić information content (AvgIpc) is 2.69. The van der Waals surface area contributed by atoms with Gasteiger partial charge in [0.05, 0.1) is 19.6 Å². The van der Waals surface area contributed by atoms with Gasteiger partial charge in [0.2, 0.25) is 5.91 Å². The van der Waals surface area contributed by atoms with Crippen LogP contribution >= 0.6 is 0 Å². The van der Waals surface area contributed by atoms with Crippen LogP contribution in [0.5, 0.6) is 0 Å². The summed E-state index contributed by atoms with van der Waals surface area (Å²) >= 11 is 0. The molecule has 27 heavy (non-hydrogen) atoms. The molecule has 0 aliphatic carbocycles. The van der Waals surface area contributed by atoms with Crippen molar-refractivity contribution in [3.63, 3.8) is 0 Å². The molecule has 0 unspecified atom stereocenters. The molecule has 4 N–H and O–H groups in total. The number of piperazine rings is 1. The molecule has 3 rings (SSSR count). The van der Waals surface area contributed by atoms with Crippen LogP contribution in [0.1, 0.15) is 23.2 Å². The van der Waals surface area contributed by atoms with Crippen LogP contribution in [0, 0.1) is 0 Å². The lowest BCUT2D eigenvalue weighted by atomic mass is 10.1. The number of amides is 3. The molecule has 0 radical (unpaired) electrons. The summed E-state index contributed by atoms with van der Waals surface area (Å²) in [7, 11) is 3.90. The monoisotopic (exact) mass is 374 g/mol. The van der Waals surface area contributed by atoms with Gasteiger partial charge in [0.25, 0.3) is 11.8 Å². The summed E-state index contributed by atoms with van der Waals surface area (Å²) in [6.07, 6.45) is 1.52. The number of quaternary nitrogens is 1. The fourth-order valence-electron chi connectivity index (χ4n) is 3.48. The molecule has 0 aromatic heterocycles. The van der Waals surface area contributed by atoms with Gasteiger partial charge in [-0.25, -0.2) is 0 Å². The van der Waals surface area contributed by atoms with Gasteiger partial charge < -0.3 is 25.8 Å². The highest BCUT2D eigenvalue weighted by Gasteiger charge is 2.34. The van der Waals surface area contributed by atoms with Crippen LogP contribution in [0.15, 0.2) is 24.3 Å². The van der Waals surface area contributed by atoms with Gasteiger partial charge in [0.15, 0.2) is 6.04 Å². The van der Waals surface area contributed by atoms with Crippen LogP contribution < -0.4 is 20.9 Å². The van der Waals surface area contributed by atoms with Gasteiger partial charge in [0, 0.05) is 31.9 Å². The first-order valence-electron chi connectivity index (χ1n) is 9.44. The van der Waals surface area contributed by atoms with E-state index in [0.717, 1.165) is 12.1 Å². The maximum Gasteiger partial charge on any atom is 0.280 e. The number of hydrogen-bond donors (Lipinski definition) is 3. The van der Waals surface area contributed by atoms with Crippen LogP contribution in [0.3, 0.4) is 0 Å². The fourth-order valence-corrected chi connectivity index (χ4v) is 3.48. The Morgan fingerprint density at radius 3 is 2.67 bits per heavy atom. The van der Waals surface area contributed by atoms with Gasteiger partial charge in [0.1, 0.15) is 6.04 Å². The standard InChI is InChI=1S/C19H27N5O3/c1-23(2)14-7-5-13(6-8-14)19(27)24-11-10-20-16(12-24)18(26)22-15-4-3-9-21-17(15)25/h5-8,15-16,20H,3-4,9-12H2,1-2H3,(H,21,25)(H,22,26)/p+1/t15-,16+/m0/s1. The fraction of sp³-hybridized carbons (Fsp3) is 0.526. The maximum absolute atomic E-state index is 12.8. The Morgan fingerprint density at radius 2 is 2.00 bits per heavy atom. The van der Waals surface area contributed by atoms with Crippen molar-refractivity contribution >= 4 is 23.4 Å². The third-order valence-corrected chi connectivity index (χ3v) is 5.12. The molecule has 2 saturated heterocycles. The lowest BCUT2D eigenvalue weighted by molar-refractivity contribution is -0.684. The number of rotatable bonds is 4. The third-order valence-electron chi connectivity index (χ3n) is 5.12. The zero-order valence-corrected chi connectivity index (χ0v) is 15.9. The predicted octanol–water partition coefficient (Wildman–Crippen LogP) is -1.46. The molecule has 2 atom stereocenters. The first kappa shape index (κ1) is 19.2. The van der Waals surface area contributed by atoms with E-state index in [2.05, 4.69) is 10.6 Å². The summed E-state index contributed by atoms with van der Waals surface area (Å²) in [5.74, 6) is -0.376. The highest BCUT2D eigenvalue weighted by atomic mass is 16.2. The number of piperidine rings is 1. The van der Waals surface area contributed by atoms with E-state index < -0.39 is 12.1 Å². The van der Waals surface area contributed by atoms with E-state index in [4.69, 9.17) is 0 Å². The predicted molar refractivity (Wildman–Crippen MR) is 101 cm³/mol. The van der Waals surface area contributed by atoms with E-state index in [1.54, 1.807) is 4.90 Å². The molecule has 3 amide bonds. The first-order valence-corrected chi connectivity index (χ1v) is 9.44. The summed E-state index contributed by atoms with van der Waals surface area (Å²) in [4.78, 5) is 40.9. The Labute approximate surface area is 159 Å². The molecule has 8 nitrogen and oxygen atoms in total. The van der Waals surface area contributed by atoms with Crippen LogP contribution in [0.25, 0.3) is 0 Å². The van der Waals surface area contributed by atoms with Gasteiger partial charge in [-0.15, -0.1) is 0 Å². The third kappa shape index (κ3) is 4.57. The Hall–Kier alpha value is -2.61.